The maximum Gasteiger partial charge on any atom is 0.0628 e. The molecule has 1 N–H and O–H groups in total. The molecular weight excluding hydrogens is 260 g/mol. The molecule has 21 heavy (non-hydrogen) atoms. The first kappa shape index (κ1) is 15.7. The molecule has 0 aliphatic rings. The van der Waals surface area contributed by atoms with Gasteiger partial charge in [0.2, 0.25) is 0 Å². The summed E-state index contributed by atoms with van der Waals surface area (Å²) in [5, 5.41) is 8.07. The van der Waals surface area contributed by atoms with E-state index in [-0.39, 0.29) is 0 Å². The van der Waals surface area contributed by atoms with Crippen molar-refractivity contribution in [2.75, 3.05) is 6.54 Å². The molecule has 0 fully saturated rings. The van der Waals surface area contributed by atoms with Gasteiger partial charge in [0, 0.05) is 30.7 Å². The first-order chi connectivity index (χ1) is 10.0. The SMILES string of the molecule is CCNC(CCc1c(C)nn(C)c1C)c1ccc(C)nc1. The highest BCUT2D eigenvalue weighted by Crippen LogP contribution is 2.21. The number of rotatable bonds is 6. The van der Waals surface area contributed by atoms with Crippen molar-refractivity contribution in [1.29, 1.82) is 0 Å². The Morgan fingerprint density at radius 1 is 1.24 bits per heavy atom. The van der Waals surface area contributed by atoms with Crippen LogP contribution in [0.2, 0.25) is 0 Å². The highest BCUT2D eigenvalue weighted by Gasteiger charge is 2.14. The molecule has 0 radical (unpaired) electrons. The van der Waals surface area contributed by atoms with E-state index >= 15 is 0 Å². The second-order valence-electron chi connectivity index (χ2n) is 5.65. The molecule has 0 amide bonds. The van der Waals surface area contributed by atoms with Crippen LogP contribution in [0.1, 0.15) is 47.6 Å². The number of nitrogens with one attached hydrogen (secondary N) is 1. The van der Waals surface area contributed by atoms with E-state index in [9.17, 15) is 0 Å². The number of hydrogen-bond acceptors (Lipinski definition) is 3. The second-order valence-corrected chi connectivity index (χ2v) is 5.65. The van der Waals surface area contributed by atoms with Gasteiger partial charge in [0.25, 0.3) is 0 Å². The van der Waals surface area contributed by atoms with Crippen LogP contribution >= 0.6 is 0 Å². The van der Waals surface area contributed by atoms with E-state index in [1.807, 2.05) is 24.9 Å². The molecule has 0 saturated carbocycles. The van der Waals surface area contributed by atoms with Gasteiger partial charge in [-0.1, -0.05) is 13.0 Å². The molecule has 4 nitrogen and oxygen atoms in total. The maximum absolute atomic E-state index is 4.50. The van der Waals surface area contributed by atoms with Gasteiger partial charge in [0.1, 0.15) is 0 Å². The highest BCUT2D eigenvalue weighted by molar-refractivity contribution is 5.25. The van der Waals surface area contributed by atoms with Gasteiger partial charge in [-0.25, -0.2) is 0 Å². The summed E-state index contributed by atoms with van der Waals surface area (Å²) in [4.78, 5) is 4.42. The van der Waals surface area contributed by atoms with Crippen LogP contribution in [-0.2, 0) is 13.5 Å². The summed E-state index contributed by atoms with van der Waals surface area (Å²) in [6.07, 6.45) is 4.09. The molecule has 2 aromatic rings. The predicted molar refractivity (Wildman–Crippen MR) is 86.4 cm³/mol. The number of aromatic nitrogens is 3. The standard InChI is InChI=1S/C17H26N4/c1-6-18-17(15-8-7-12(2)19-11-15)10-9-16-13(3)20-21(5)14(16)4/h7-8,11,17-18H,6,9-10H2,1-5H3. The van der Waals surface area contributed by atoms with Crippen molar-refractivity contribution in [2.45, 2.75) is 46.6 Å². The third-order valence-corrected chi connectivity index (χ3v) is 4.13. The van der Waals surface area contributed by atoms with Gasteiger partial charge in [-0.3, -0.25) is 9.67 Å². The first-order valence-corrected chi connectivity index (χ1v) is 7.68. The van der Waals surface area contributed by atoms with E-state index in [0.717, 1.165) is 30.8 Å². The molecule has 2 heterocycles. The Morgan fingerprint density at radius 2 is 2.00 bits per heavy atom. The third kappa shape index (κ3) is 3.70. The zero-order valence-corrected chi connectivity index (χ0v) is 13.8. The summed E-state index contributed by atoms with van der Waals surface area (Å²) in [5.41, 5.74) is 6.12. The molecule has 0 aromatic carbocycles. The quantitative estimate of drug-likeness (QED) is 0.887. The molecule has 0 bridgehead atoms. The van der Waals surface area contributed by atoms with Crippen LogP contribution < -0.4 is 5.32 Å². The van der Waals surface area contributed by atoms with Gasteiger partial charge in [-0.2, -0.15) is 5.10 Å². The fourth-order valence-corrected chi connectivity index (χ4v) is 2.79. The minimum absolute atomic E-state index is 0.349. The van der Waals surface area contributed by atoms with Crippen LogP contribution in [0.3, 0.4) is 0 Å². The summed E-state index contributed by atoms with van der Waals surface area (Å²) in [7, 11) is 2.01. The van der Waals surface area contributed by atoms with Crippen molar-refractivity contribution in [3.05, 3.63) is 46.5 Å². The Kier molecular flexibility index (Phi) is 5.12. The number of hydrogen-bond donors (Lipinski definition) is 1. The van der Waals surface area contributed by atoms with Gasteiger partial charge in [0.15, 0.2) is 0 Å². The lowest BCUT2D eigenvalue weighted by atomic mass is 9.99. The molecular formula is C17H26N4. The van der Waals surface area contributed by atoms with E-state index in [4.69, 9.17) is 0 Å². The highest BCUT2D eigenvalue weighted by atomic mass is 15.3. The Balaban J connectivity index is 2.11. The summed E-state index contributed by atoms with van der Waals surface area (Å²) in [6, 6.07) is 4.61. The van der Waals surface area contributed by atoms with E-state index < -0.39 is 0 Å². The third-order valence-electron chi connectivity index (χ3n) is 4.13. The first-order valence-electron chi connectivity index (χ1n) is 7.68. The van der Waals surface area contributed by atoms with Crippen molar-refractivity contribution >= 4 is 0 Å². The zero-order valence-electron chi connectivity index (χ0n) is 13.8. The smallest absolute Gasteiger partial charge is 0.0628 e. The minimum atomic E-state index is 0.349. The molecule has 2 aromatic heterocycles. The zero-order chi connectivity index (χ0) is 15.4. The fraction of sp³-hybridized carbons (Fsp3) is 0.529. The average Bonchev–Trinajstić information content (AvgIpc) is 2.70. The lowest BCUT2D eigenvalue weighted by molar-refractivity contribution is 0.513. The fourth-order valence-electron chi connectivity index (χ4n) is 2.79. The summed E-state index contributed by atoms with van der Waals surface area (Å²) in [5.74, 6) is 0. The molecule has 4 heteroatoms. The Labute approximate surface area is 127 Å². The van der Waals surface area contributed by atoms with E-state index in [0.29, 0.717) is 6.04 Å². The van der Waals surface area contributed by atoms with E-state index in [1.54, 1.807) is 0 Å². The maximum atomic E-state index is 4.50. The molecule has 0 aliphatic carbocycles. The van der Waals surface area contributed by atoms with Crippen LogP contribution in [0.15, 0.2) is 18.3 Å². The molecule has 0 spiro atoms. The number of nitrogens with zero attached hydrogens (tertiary/aromatic N) is 3. The summed E-state index contributed by atoms with van der Waals surface area (Å²) >= 11 is 0. The van der Waals surface area contributed by atoms with Crippen molar-refractivity contribution in [1.82, 2.24) is 20.1 Å². The lowest BCUT2D eigenvalue weighted by Gasteiger charge is -2.18. The topological polar surface area (TPSA) is 42.7 Å². The largest absolute Gasteiger partial charge is 0.310 e. The summed E-state index contributed by atoms with van der Waals surface area (Å²) in [6.45, 7) is 9.37. The van der Waals surface area contributed by atoms with Gasteiger partial charge >= 0.3 is 0 Å². The molecule has 2 rings (SSSR count). The van der Waals surface area contributed by atoms with Crippen molar-refractivity contribution in [2.24, 2.45) is 7.05 Å². The number of aryl methyl sites for hydroxylation is 3. The molecule has 0 aliphatic heterocycles. The average molecular weight is 286 g/mol. The normalized spacial score (nSPS) is 12.6. The van der Waals surface area contributed by atoms with Gasteiger partial charge in [0.05, 0.1) is 5.69 Å². The lowest BCUT2D eigenvalue weighted by Crippen LogP contribution is -2.21. The van der Waals surface area contributed by atoms with Crippen molar-refractivity contribution in [3.8, 4) is 0 Å². The van der Waals surface area contributed by atoms with Crippen molar-refractivity contribution in [3.63, 3.8) is 0 Å². The van der Waals surface area contributed by atoms with Crippen LogP contribution in [0, 0.1) is 20.8 Å². The van der Waals surface area contributed by atoms with E-state index in [1.165, 1.54) is 16.8 Å². The minimum Gasteiger partial charge on any atom is -0.310 e. The number of pyridine rings is 1. The molecule has 1 unspecified atom stereocenters. The van der Waals surface area contributed by atoms with E-state index in [2.05, 4.69) is 48.3 Å². The van der Waals surface area contributed by atoms with Gasteiger partial charge in [-0.05, 0) is 57.4 Å². The van der Waals surface area contributed by atoms with Gasteiger partial charge in [-0.15, -0.1) is 0 Å². The van der Waals surface area contributed by atoms with Crippen molar-refractivity contribution < 1.29 is 0 Å². The van der Waals surface area contributed by atoms with Crippen LogP contribution in [0.4, 0.5) is 0 Å². The Morgan fingerprint density at radius 3 is 2.52 bits per heavy atom. The molecule has 1 atom stereocenters. The second kappa shape index (κ2) is 6.85. The molecule has 0 saturated heterocycles. The summed E-state index contributed by atoms with van der Waals surface area (Å²) < 4.78 is 1.97. The Hall–Kier alpha value is -1.68. The van der Waals surface area contributed by atoms with Crippen LogP contribution in [0.25, 0.3) is 0 Å². The Bertz CT molecular complexity index is 584. The predicted octanol–water partition coefficient (Wildman–Crippen LogP) is 3.02. The van der Waals surface area contributed by atoms with Crippen LogP contribution in [0.5, 0.6) is 0 Å². The monoisotopic (exact) mass is 286 g/mol. The molecule has 114 valence electrons. The van der Waals surface area contributed by atoms with Crippen LogP contribution in [-0.4, -0.2) is 21.3 Å². The van der Waals surface area contributed by atoms with Gasteiger partial charge < -0.3 is 5.32 Å².